The van der Waals surface area contributed by atoms with Crippen LogP contribution in [-0.2, 0) is 27.4 Å². The number of hydrogen-bond donors (Lipinski definition) is 3. The van der Waals surface area contributed by atoms with Crippen molar-refractivity contribution in [3.63, 3.8) is 0 Å². The molecule has 11 heteroatoms. The molecular formula is C22H22F4N2O5. The second-order valence-electron chi connectivity index (χ2n) is 7.21. The molecule has 33 heavy (non-hydrogen) atoms. The van der Waals surface area contributed by atoms with Crippen molar-refractivity contribution < 1.29 is 41.8 Å². The number of carbonyl (C=O) groups is 3. The first kappa shape index (κ1) is 25.6. The predicted molar refractivity (Wildman–Crippen MR) is 110 cm³/mol. The number of amides is 2. The monoisotopic (exact) mass is 470 g/mol. The molecule has 178 valence electrons. The summed E-state index contributed by atoms with van der Waals surface area (Å²) in [6.45, 7) is 0.461. The van der Waals surface area contributed by atoms with Gasteiger partial charge in [0.05, 0.1) is 11.6 Å². The zero-order chi connectivity index (χ0) is 24.6. The first-order valence-corrected chi connectivity index (χ1v) is 9.82. The van der Waals surface area contributed by atoms with E-state index in [4.69, 9.17) is 9.84 Å². The third kappa shape index (κ3) is 8.09. The van der Waals surface area contributed by atoms with Crippen molar-refractivity contribution in [2.45, 2.75) is 38.6 Å². The standard InChI is InChI=1S/C22H22F4N2O5/c1-13(22(24,25)26)19(28-21(32)33-12-15-5-3-2-4-6-15)20(31)27-17-11-14(7-9-16(17)23)8-10-18(29)30/h2-7,9,11,13,19H,8,10,12H2,1H3,(H,27,31)(H,28,32)(H,29,30)/t13?,19-/m0/s1. The molecule has 1 unspecified atom stereocenters. The summed E-state index contributed by atoms with van der Waals surface area (Å²) >= 11 is 0. The molecule has 3 N–H and O–H groups in total. The fourth-order valence-corrected chi connectivity index (χ4v) is 2.78. The largest absolute Gasteiger partial charge is 0.481 e. The Morgan fingerprint density at radius 2 is 1.73 bits per heavy atom. The third-order valence-corrected chi connectivity index (χ3v) is 4.70. The van der Waals surface area contributed by atoms with Crippen molar-refractivity contribution in [3.8, 4) is 0 Å². The van der Waals surface area contributed by atoms with Crippen molar-refractivity contribution in [2.24, 2.45) is 5.92 Å². The van der Waals surface area contributed by atoms with Gasteiger partial charge in [-0.15, -0.1) is 0 Å². The van der Waals surface area contributed by atoms with Crippen molar-refractivity contribution >= 4 is 23.7 Å². The number of carboxylic acids is 1. The number of anilines is 1. The number of aliphatic carboxylic acids is 1. The summed E-state index contributed by atoms with van der Waals surface area (Å²) < 4.78 is 59.0. The topological polar surface area (TPSA) is 105 Å². The number of alkyl halides is 3. The Morgan fingerprint density at radius 1 is 1.06 bits per heavy atom. The quantitative estimate of drug-likeness (QED) is 0.475. The fraction of sp³-hybridized carbons (Fsp3) is 0.318. The molecule has 0 aliphatic heterocycles. The van der Waals surface area contributed by atoms with Crippen LogP contribution in [0.5, 0.6) is 0 Å². The van der Waals surface area contributed by atoms with E-state index in [-0.39, 0.29) is 19.4 Å². The highest BCUT2D eigenvalue weighted by atomic mass is 19.4. The number of benzene rings is 2. The molecule has 0 saturated carbocycles. The maximum atomic E-state index is 14.1. The van der Waals surface area contributed by atoms with Crippen LogP contribution in [0.4, 0.5) is 28.0 Å². The normalized spacial score (nSPS) is 13.0. The highest BCUT2D eigenvalue weighted by Crippen LogP contribution is 2.29. The first-order chi connectivity index (χ1) is 15.5. The molecule has 0 fully saturated rings. The van der Waals surface area contributed by atoms with Crippen molar-refractivity contribution in [3.05, 3.63) is 65.5 Å². The summed E-state index contributed by atoms with van der Waals surface area (Å²) in [5, 5.41) is 12.7. The van der Waals surface area contributed by atoms with Crippen molar-refractivity contribution in [2.75, 3.05) is 5.32 Å². The number of carboxylic acid groups (broad SMARTS) is 1. The molecule has 0 saturated heterocycles. The number of halogens is 4. The molecule has 0 bridgehead atoms. The lowest BCUT2D eigenvalue weighted by molar-refractivity contribution is -0.178. The zero-order valence-electron chi connectivity index (χ0n) is 17.5. The molecule has 0 aromatic heterocycles. The van der Waals surface area contributed by atoms with Gasteiger partial charge in [0.2, 0.25) is 5.91 Å². The van der Waals surface area contributed by atoms with Crippen molar-refractivity contribution in [1.82, 2.24) is 5.32 Å². The van der Waals surface area contributed by atoms with Crippen LogP contribution in [-0.4, -0.2) is 35.3 Å². The van der Waals surface area contributed by atoms with Gasteiger partial charge in [-0.3, -0.25) is 9.59 Å². The van der Waals surface area contributed by atoms with Crippen LogP contribution < -0.4 is 10.6 Å². The molecule has 7 nitrogen and oxygen atoms in total. The average Bonchev–Trinajstić information content (AvgIpc) is 2.76. The minimum atomic E-state index is -4.85. The Bertz CT molecular complexity index is 982. The van der Waals surface area contributed by atoms with Gasteiger partial charge in [0.25, 0.3) is 0 Å². The Balaban J connectivity index is 2.14. The van der Waals surface area contributed by atoms with E-state index in [9.17, 15) is 31.9 Å². The minimum absolute atomic E-state index is 0.0188. The average molecular weight is 470 g/mol. The van der Waals surface area contributed by atoms with Crippen LogP contribution in [0.25, 0.3) is 0 Å². The van der Waals surface area contributed by atoms with Gasteiger partial charge in [0.15, 0.2) is 0 Å². The lowest BCUT2D eigenvalue weighted by atomic mass is 10.0. The lowest BCUT2D eigenvalue weighted by Crippen LogP contribution is -2.52. The van der Waals surface area contributed by atoms with Gasteiger partial charge in [0.1, 0.15) is 18.5 Å². The molecule has 0 heterocycles. The van der Waals surface area contributed by atoms with Crippen LogP contribution in [0.3, 0.4) is 0 Å². The highest BCUT2D eigenvalue weighted by molar-refractivity contribution is 5.97. The summed E-state index contributed by atoms with van der Waals surface area (Å²) in [6.07, 6.45) is -6.35. The van der Waals surface area contributed by atoms with Gasteiger partial charge in [-0.2, -0.15) is 13.2 Å². The molecule has 2 aromatic rings. The second kappa shape index (κ2) is 11.3. The maximum absolute atomic E-state index is 14.1. The molecule has 2 atom stereocenters. The van der Waals surface area contributed by atoms with Gasteiger partial charge in [-0.25, -0.2) is 9.18 Å². The Hall–Kier alpha value is -3.63. The van der Waals surface area contributed by atoms with Gasteiger partial charge in [-0.05, 0) is 29.7 Å². The predicted octanol–water partition coefficient (Wildman–Crippen LogP) is 4.27. The van der Waals surface area contributed by atoms with Crippen LogP contribution >= 0.6 is 0 Å². The third-order valence-electron chi connectivity index (χ3n) is 4.70. The summed E-state index contributed by atoms with van der Waals surface area (Å²) in [5.74, 6) is -5.67. The van der Waals surface area contributed by atoms with E-state index in [1.165, 1.54) is 6.07 Å². The maximum Gasteiger partial charge on any atom is 0.408 e. The van der Waals surface area contributed by atoms with E-state index in [2.05, 4.69) is 0 Å². The van der Waals surface area contributed by atoms with Gasteiger partial charge in [-0.1, -0.05) is 43.3 Å². The molecule has 2 aromatic carbocycles. The Morgan fingerprint density at radius 3 is 2.33 bits per heavy atom. The van der Waals surface area contributed by atoms with E-state index in [1.807, 2.05) is 10.6 Å². The molecule has 2 amide bonds. The number of aryl methyl sites for hydroxylation is 1. The Kier molecular flexibility index (Phi) is 8.78. The summed E-state index contributed by atoms with van der Waals surface area (Å²) in [5.41, 5.74) is 0.490. The summed E-state index contributed by atoms with van der Waals surface area (Å²) in [4.78, 5) is 35.4. The summed E-state index contributed by atoms with van der Waals surface area (Å²) in [7, 11) is 0. The van der Waals surface area contributed by atoms with Gasteiger partial charge >= 0.3 is 18.2 Å². The van der Waals surface area contributed by atoms with E-state index in [0.717, 1.165) is 12.1 Å². The minimum Gasteiger partial charge on any atom is -0.481 e. The number of hydrogen-bond acceptors (Lipinski definition) is 4. The highest BCUT2D eigenvalue weighted by Gasteiger charge is 2.45. The van der Waals surface area contributed by atoms with Crippen molar-refractivity contribution in [1.29, 1.82) is 0 Å². The number of alkyl carbamates (subject to hydrolysis) is 1. The van der Waals surface area contributed by atoms with Crippen LogP contribution in [0.2, 0.25) is 0 Å². The van der Waals surface area contributed by atoms with E-state index < -0.39 is 47.6 Å². The van der Waals surface area contributed by atoms with Crippen LogP contribution in [0, 0.1) is 11.7 Å². The molecule has 0 aliphatic carbocycles. The van der Waals surface area contributed by atoms with Crippen LogP contribution in [0.15, 0.2) is 48.5 Å². The van der Waals surface area contributed by atoms with E-state index in [0.29, 0.717) is 18.1 Å². The van der Waals surface area contributed by atoms with Gasteiger partial charge < -0.3 is 20.5 Å². The summed E-state index contributed by atoms with van der Waals surface area (Å²) in [6, 6.07) is 9.61. The first-order valence-electron chi connectivity index (χ1n) is 9.82. The fourth-order valence-electron chi connectivity index (χ4n) is 2.78. The molecule has 2 rings (SSSR count). The molecule has 0 radical (unpaired) electrons. The lowest BCUT2D eigenvalue weighted by Gasteiger charge is -2.26. The van der Waals surface area contributed by atoms with E-state index >= 15 is 0 Å². The number of rotatable bonds is 9. The molecular weight excluding hydrogens is 448 g/mol. The van der Waals surface area contributed by atoms with Crippen LogP contribution in [0.1, 0.15) is 24.5 Å². The molecule has 0 spiro atoms. The smallest absolute Gasteiger partial charge is 0.408 e. The zero-order valence-corrected chi connectivity index (χ0v) is 17.5. The van der Waals surface area contributed by atoms with Gasteiger partial charge in [0, 0.05) is 6.42 Å². The SMILES string of the molecule is CC([C@H](NC(=O)OCc1ccccc1)C(=O)Nc1cc(CCC(=O)O)ccc1F)C(F)(F)F. The van der Waals surface area contributed by atoms with E-state index in [1.54, 1.807) is 30.3 Å². The number of nitrogens with one attached hydrogen (secondary N) is 2. The number of carbonyl (C=O) groups excluding carboxylic acids is 2. The Labute approximate surface area is 186 Å². The molecule has 0 aliphatic rings. The number of ether oxygens (including phenoxy) is 1. The second-order valence-corrected chi connectivity index (χ2v) is 7.21.